The molecule has 1 heterocycles. The zero-order valence-corrected chi connectivity index (χ0v) is 16.7. The summed E-state index contributed by atoms with van der Waals surface area (Å²) < 4.78 is 10.5. The molecule has 1 aliphatic rings. The first-order valence-electron chi connectivity index (χ1n) is 9.28. The maximum atomic E-state index is 12.5. The van der Waals surface area contributed by atoms with Gasteiger partial charge in [0.15, 0.2) is 6.61 Å². The second kappa shape index (κ2) is 10.8. The molecule has 4 N–H and O–H groups in total. The van der Waals surface area contributed by atoms with Gasteiger partial charge in [0.05, 0.1) is 5.02 Å². The lowest BCUT2D eigenvalue weighted by Gasteiger charge is -2.23. The van der Waals surface area contributed by atoms with Gasteiger partial charge in [-0.05, 0) is 37.3 Å². The van der Waals surface area contributed by atoms with Crippen LogP contribution < -0.4 is 11.1 Å². The van der Waals surface area contributed by atoms with E-state index >= 15 is 0 Å². The topological polar surface area (TPSA) is 114 Å². The first-order chi connectivity index (χ1) is 13.4. The van der Waals surface area contributed by atoms with Gasteiger partial charge in [-0.2, -0.15) is 0 Å². The molecule has 0 spiro atoms. The number of benzene rings is 1. The lowest BCUT2D eigenvalue weighted by atomic mass is 10.0. The van der Waals surface area contributed by atoms with E-state index < -0.39 is 18.4 Å². The summed E-state index contributed by atoms with van der Waals surface area (Å²) in [6.07, 6.45) is 2.14. The van der Waals surface area contributed by atoms with Gasteiger partial charge in [0.2, 0.25) is 5.78 Å². The number of ketones is 1. The summed E-state index contributed by atoms with van der Waals surface area (Å²) in [5, 5.41) is 11.4. The van der Waals surface area contributed by atoms with Gasteiger partial charge in [-0.25, -0.2) is 4.79 Å². The number of esters is 1. The molecule has 152 valence electrons. The molecular weight excluding hydrogens is 382 g/mol. The van der Waals surface area contributed by atoms with Crippen molar-refractivity contribution in [1.29, 1.82) is 5.41 Å². The van der Waals surface area contributed by atoms with Crippen molar-refractivity contribution in [3.8, 4) is 0 Å². The van der Waals surface area contributed by atoms with Crippen LogP contribution in [0.15, 0.2) is 35.7 Å². The smallest absolute Gasteiger partial charge is 0.344 e. The molecule has 7 nitrogen and oxygen atoms in total. The summed E-state index contributed by atoms with van der Waals surface area (Å²) >= 11 is 5.99. The molecule has 1 saturated heterocycles. The van der Waals surface area contributed by atoms with Crippen LogP contribution in [0.25, 0.3) is 0 Å². The summed E-state index contributed by atoms with van der Waals surface area (Å²) in [5.41, 5.74) is 6.33. The van der Waals surface area contributed by atoms with Crippen LogP contribution in [0.2, 0.25) is 5.02 Å². The third-order valence-corrected chi connectivity index (χ3v) is 4.89. The average Bonchev–Trinajstić information content (AvgIpc) is 2.71. The van der Waals surface area contributed by atoms with Crippen LogP contribution in [-0.2, 0) is 14.3 Å². The van der Waals surface area contributed by atoms with Gasteiger partial charge in [-0.15, -0.1) is 0 Å². The first kappa shape index (κ1) is 21.9. The number of nitrogens with two attached hydrogens (primary N) is 1. The summed E-state index contributed by atoms with van der Waals surface area (Å²) in [6, 6.07) is 6.54. The summed E-state index contributed by atoms with van der Waals surface area (Å²) in [4.78, 5) is 24.8. The molecule has 1 aromatic rings. The number of hydrogen-bond acceptors (Lipinski definition) is 7. The number of ether oxygens (including phenoxy) is 2. The van der Waals surface area contributed by atoms with Crippen LogP contribution >= 0.6 is 11.6 Å². The molecule has 0 bridgehead atoms. The van der Waals surface area contributed by atoms with Crippen molar-refractivity contribution in [2.75, 3.05) is 26.4 Å². The lowest BCUT2D eigenvalue weighted by Crippen LogP contribution is -2.34. The molecule has 0 aromatic heterocycles. The Kier molecular flexibility index (Phi) is 8.47. The Bertz CT molecular complexity index is 758. The number of Topliss-reactive ketones (excluding diaryl/α,β-unsaturated/α-hetero) is 1. The molecular formula is C20H26ClN3O4. The predicted octanol–water partition coefficient (Wildman–Crippen LogP) is 2.68. The second-order valence-corrected chi connectivity index (χ2v) is 6.94. The first-order valence-corrected chi connectivity index (χ1v) is 9.65. The van der Waals surface area contributed by atoms with Crippen LogP contribution in [0, 0.1) is 11.3 Å². The summed E-state index contributed by atoms with van der Waals surface area (Å²) in [6.45, 7) is 3.27. The molecule has 2 rings (SSSR count). The Morgan fingerprint density at radius 1 is 1.32 bits per heavy atom. The standard InChI is InChI=1S/C20H26ClN3O4/c1-2-16(22)18(19(23)24-11-13-7-9-27-10-8-13)20(26)28-12-17(25)14-5-3-4-6-15(14)21/h3-6,13,22,24H,2,7-12,23H2,1H3/b19-18+,22-16?. The molecule has 1 aromatic carbocycles. The highest BCUT2D eigenvalue weighted by molar-refractivity contribution is 6.34. The number of hydrogen-bond donors (Lipinski definition) is 3. The second-order valence-electron chi connectivity index (χ2n) is 6.54. The van der Waals surface area contributed by atoms with E-state index in [0.717, 1.165) is 12.8 Å². The van der Waals surface area contributed by atoms with Gasteiger partial charge in [0, 0.05) is 31.0 Å². The van der Waals surface area contributed by atoms with E-state index in [4.69, 9.17) is 32.2 Å². The van der Waals surface area contributed by atoms with E-state index in [1.54, 1.807) is 31.2 Å². The van der Waals surface area contributed by atoms with Gasteiger partial charge < -0.3 is 25.9 Å². The Morgan fingerprint density at radius 3 is 2.64 bits per heavy atom. The number of halogens is 1. The summed E-state index contributed by atoms with van der Waals surface area (Å²) in [7, 11) is 0. The van der Waals surface area contributed by atoms with Crippen LogP contribution in [-0.4, -0.2) is 43.8 Å². The molecule has 0 saturated carbocycles. The van der Waals surface area contributed by atoms with E-state index in [1.807, 2.05) is 0 Å². The fraction of sp³-hybridized carbons (Fsp3) is 0.450. The lowest BCUT2D eigenvalue weighted by molar-refractivity contribution is -0.137. The fourth-order valence-electron chi connectivity index (χ4n) is 2.83. The third-order valence-electron chi connectivity index (χ3n) is 4.56. The Morgan fingerprint density at radius 2 is 2.00 bits per heavy atom. The zero-order valence-electron chi connectivity index (χ0n) is 15.9. The minimum Gasteiger partial charge on any atom is -0.454 e. The van der Waals surface area contributed by atoms with Gasteiger partial charge in [0.25, 0.3) is 0 Å². The molecule has 0 amide bonds. The number of carbonyl (C=O) groups excluding carboxylic acids is 2. The highest BCUT2D eigenvalue weighted by Crippen LogP contribution is 2.17. The summed E-state index contributed by atoms with van der Waals surface area (Å²) in [5.74, 6) is -0.741. The molecule has 0 radical (unpaired) electrons. The van der Waals surface area contributed by atoms with Crippen LogP contribution in [0.1, 0.15) is 36.5 Å². The number of carbonyl (C=O) groups is 2. The van der Waals surface area contributed by atoms with E-state index in [-0.39, 0.29) is 22.7 Å². The molecule has 8 heteroatoms. The van der Waals surface area contributed by atoms with Crippen molar-refractivity contribution in [2.24, 2.45) is 11.7 Å². The van der Waals surface area contributed by atoms with E-state index in [2.05, 4.69) is 5.32 Å². The van der Waals surface area contributed by atoms with Crippen LogP contribution in [0.3, 0.4) is 0 Å². The van der Waals surface area contributed by atoms with Gasteiger partial charge in [-0.3, -0.25) is 4.79 Å². The largest absolute Gasteiger partial charge is 0.454 e. The van der Waals surface area contributed by atoms with Gasteiger partial charge in [-0.1, -0.05) is 30.7 Å². The van der Waals surface area contributed by atoms with Crippen molar-refractivity contribution in [1.82, 2.24) is 5.32 Å². The predicted molar refractivity (Wildman–Crippen MR) is 108 cm³/mol. The fourth-order valence-corrected chi connectivity index (χ4v) is 3.08. The minimum atomic E-state index is -0.802. The quantitative estimate of drug-likeness (QED) is 0.251. The molecule has 0 unspecified atom stereocenters. The third kappa shape index (κ3) is 6.07. The van der Waals surface area contributed by atoms with Gasteiger partial charge >= 0.3 is 5.97 Å². The van der Waals surface area contributed by atoms with E-state index in [9.17, 15) is 9.59 Å². The number of nitrogens with one attached hydrogen (secondary N) is 2. The van der Waals surface area contributed by atoms with Crippen molar-refractivity contribution >= 4 is 29.1 Å². The molecule has 28 heavy (non-hydrogen) atoms. The molecule has 0 aliphatic carbocycles. The molecule has 1 fully saturated rings. The monoisotopic (exact) mass is 407 g/mol. The SMILES string of the molecule is CCC(=N)/C(C(=O)OCC(=O)c1ccccc1Cl)=C(/N)NCC1CCOCC1. The highest BCUT2D eigenvalue weighted by Gasteiger charge is 2.22. The highest BCUT2D eigenvalue weighted by atomic mass is 35.5. The van der Waals surface area contributed by atoms with E-state index in [0.29, 0.717) is 37.1 Å². The van der Waals surface area contributed by atoms with Gasteiger partial charge in [0.1, 0.15) is 11.4 Å². The molecule has 1 aliphatic heterocycles. The number of rotatable bonds is 9. The average molecular weight is 408 g/mol. The maximum absolute atomic E-state index is 12.5. The zero-order chi connectivity index (χ0) is 20.5. The Labute approximate surface area is 169 Å². The maximum Gasteiger partial charge on any atom is 0.344 e. The Hall–Kier alpha value is -2.38. The van der Waals surface area contributed by atoms with Crippen molar-refractivity contribution in [2.45, 2.75) is 26.2 Å². The normalized spacial score (nSPS) is 15.5. The Balaban J connectivity index is 2.02. The van der Waals surface area contributed by atoms with Crippen molar-refractivity contribution in [3.05, 3.63) is 46.2 Å². The van der Waals surface area contributed by atoms with Crippen LogP contribution in [0.5, 0.6) is 0 Å². The molecule has 0 atom stereocenters. The van der Waals surface area contributed by atoms with E-state index in [1.165, 1.54) is 0 Å². The van der Waals surface area contributed by atoms with Crippen LogP contribution in [0.4, 0.5) is 0 Å². The van der Waals surface area contributed by atoms with Crippen molar-refractivity contribution in [3.63, 3.8) is 0 Å². The minimum absolute atomic E-state index is 0.0403. The van der Waals surface area contributed by atoms with Crippen molar-refractivity contribution < 1.29 is 19.1 Å².